The van der Waals surface area contributed by atoms with Gasteiger partial charge in [0, 0.05) is 64.4 Å². The molecule has 0 spiro atoms. The third-order valence-electron chi connectivity index (χ3n) is 5.59. The van der Waals surface area contributed by atoms with E-state index in [1.165, 1.54) is 12.1 Å². The van der Waals surface area contributed by atoms with Gasteiger partial charge in [0.2, 0.25) is 0 Å². The molecule has 0 unspecified atom stereocenters. The summed E-state index contributed by atoms with van der Waals surface area (Å²) < 4.78 is 13.6. The van der Waals surface area contributed by atoms with Crippen molar-refractivity contribution < 1.29 is 9.18 Å². The Morgan fingerprint density at radius 1 is 0.892 bits per heavy atom. The first-order chi connectivity index (χ1) is 17.9. The molecule has 192 valence electrons. The average molecular weight is 561 g/mol. The number of halogens is 4. The molecule has 3 N–H and O–H groups in total. The molecule has 0 aliphatic heterocycles. The van der Waals surface area contributed by atoms with Gasteiger partial charge >= 0.3 is 6.03 Å². The van der Waals surface area contributed by atoms with Crippen molar-refractivity contribution in [3.05, 3.63) is 83.3 Å². The van der Waals surface area contributed by atoms with E-state index in [-0.39, 0.29) is 11.1 Å². The quantitative estimate of drug-likeness (QED) is 0.181. The van der Waals surface area contributed by atoms with Gasteiger partial charge in [-0.1, -0.05) is 11.6 Å². The van der Waals surface area contributed by atoms with Crippen LogP contribution < -0.4 is 20.9 Å². The van der Waals surface area contributed by atoms with E-state index >= 15 is 0 Å². The van der Waals surface area contributed by atoms with E-state index in [1.807, 2.05) is 49.4 Å². The predicted molar refractivity (Wildman–Crippen MR) is 154 cm³/mol. The van der Waals surface area contributed by atoms with Gasteiger partial charge in [0.15, 0.2) is 0 Å². The molecule has 10 heteroatoms. The summed E-state index contributed by atoms with van der Waals surface area (Å²) in [5, 5.41) is 9.78. The molecule has 0 atom stereocenters. The maximum atomic E-state index is 13.6. The number of urea groups is 1. The second-order valence-corrected chi connectivity index (χ2v) is 9.45. The lowest BCUT2D eigenvalue weighted by Gasteiger charge is -2.23. The number of carbonyl (C=O) groups is 1. The van der Waals surface area contributed by atoms with Crippen LogP contribution in [0.15, 0.2) is 66.7 Å². The second-order valence-electron chi connectivity index (χ2n) is 8.29. The smallest absolute Gasteiger partial charge is 0.323 e. The lowest BCUT2D eigenvalue weighted by atomic mass is 10.1. The van der Waals surface area contributed by atoms with Crippen molar-refractivity contribution in [2.75, 3.05) is 45.7 Å². The number of fused-ring (bicyclic) bond motifs is 1. The monoisotopic (exact) mass is 559 g/mol. The Kier molecular flexibility index (Phi) is 8.92. The molecule has 6 nitrogen and oxygen atoms in total. The number of carbonyl (C=O) groups excluding carboxylic acids is 1. The number of pyridine rings is 1. The SMILES string of the molecule is Cc1cc(Nc2ccc(F)c(Cl)c2)c2cc(NC(=O)Nc3ccc(N(CCCl)CCCl)cc3)ccc2n1. The first kappa shape index (κ1) is 26.8. The highest BCUT2D eigenvalue weighted by Gasteiger charge is 2.10. The molecular formula is C27H25Cl3FN5O. The number of hydrogen-bond donors (Lipinski definition) is 3. The van der Waals surface area contributed by atoms with E-state index in [9.17, 15) is 9.18 Å². The van der Waals surface area contributed by atoms with Crippen LogP contribution in [-0.2, 0) is 0 Å². The molecule has 0 aliphatic rings. The zero-order valence-electron chi connectivity index (χ0n) is 20.0. The Hall–Kier alpha value is -3.26. The minimum absolute atomic E-state index is 0.0259. The van der Waals surface area contributed by atoms with Gasteiger partial charge in [-0.3, -0.25) is 4.98 Å². The Bertz CT molecular complexity index is 1400. The Labute approximate surface area is 229 Å². The second kappa shape index (κ2) is 12.3. The average Bonchev–Trinajstić information content (AvgIpc) is 2.87. The fourth-order valence-electron chi connectivity index (χ4n) is 3.89. The number of benzene rings is 3. The zero-order chi connectivity index (χ0) is 26.4. The van der Waals surface area contributed by atoms with Crippen LogP contribution in [0.25, 0.3) is 10.9 Å². The minimum atomic E-state index is -0.488. The molecule has 1 heterocycles. The van der Waals surface area contributed by atoms with E-state index in [4.69, 9.17) is 34.8 Å². The van der Waals surface area contributed by atoms with Crippen molar-refractivity contribution in [3.63, 3.8) is 0 Å². The van der Waals surface area contributed by atoms with Crippen molar-refractivity contribution in [3.8, 4) is 0 Å². The van der Waals surface area contributed by atoms with Crippen LogP contribution in [0.2, 0.25) is 5.02 Å². The van der Waals surface area contributed by atoms with Gasteiger partial charge < -0.3 is 20.9 Å². The molecule has 37 heavy (non-hydrogen) atoms. The topological polar surface area (TPSA) is 69.3 Å². The molecule has 3 aromatic carbocycles. The number of hydrogen-bond acceptors (Lipinski definition) is 4. The zero-order valence-corrected chi connectivity index (χ0v) is 22.3. The Morgan fingerprint density at radius 2 is 1.54 bits per heavy atom. The summed E-state index contributed by atoms with van der Waals surface area (Å²) in [4.78, 5) is 19.3. The number of nitrogens with zero attached hydrogens (tertiary/aromatic N) is 2. The molecule has 0 fully saturated rings. The van der Waals surface area contributed by atoms with Gasteiger partial charge in [-0.2, -0.15) is 0 Å². The highest BCUT2D eigenvalue weighted by atomic mass is 35.5. The highest BCUT2D eigenvalue weighted by molar-refractivity contribution is 6.31. The molecule has 0 radical (unpaired) electrons. The van der Waals surface area contributed by atoms with Gasteiger partial charge in [0.05, 0.1) is 10.5 Å². The fourth-order valence-corrected chi connectivity index (χ4v) is 4.48. The molecule has 0 aliphatic carbocycles. The number of aryl methyl sites for hydroxylation is 1. The maximum Gasteiger partial charge on any atom is 0.323 e. The third kappa shape index (κ3) is 6.95. The first-order valence-corrected chi connectivity index (χ1v) is 13.0. The van der Waals surface area contributed by atoms with Crippen molar-refractivity contribution in [2.45, 2.75) is 6.92 Å². The number of anilines is 5. The van der Waals surface area contributed by atoms with Gasteiger partial charge in [-0.05, 0) is 73.7 Å². The van der Waals surface area contributed by atoms with Crippen molar-refractivity contribution in [1.82, 2.24) is 4.98 Å². The Balaban J connectivity index is 1.49. The summed E-state index contributed by atoms with van der Waals surface area (Å²) in [6.45, 7) is 3.25. The van der Waals surface area contributed by atoms with Crippen LogP contribution in [0.5, 0.6) is 0 Å². The van der Waals surface area contributed by atoms with Crippen LogP contribution in [-0.4, -0.2) is 35.9 Å². The van der Waals surface area contributed by atoms with E-state index < -0.39 is 5.82 Å². The largest absolute Gasteiger partial charge is 0.369 e. The van der Waals surface area contributed by atoms with Crippen LogP contribution in [0.4, 0.5) is 37.6 Å². The summed E-state index contributed by atoms with van der Waals surface area (Å²) in [7, 11) is 0. The number of amides is 2. The highest BCUT2D eigenvalue weighted by Crippen LogP contribution is 2.30. The molecular weight excluding hydrogens is 536 g/mol. The lowest BCUT2D eigenvalue weighted by Crippen LogP contribution is -2.27. The van der Waals surface area contributed by atoms with Gasteiger partial charge in [0.25, 0.3) is 0 Å². The summed E-state index contributed by atoms with van der Waals surface area (Å²) in [6, 6.07) is 18.8. The molecule has 4 rings (SSSR count). The third-order valence-corrected chi connectivity index (χ3v) is 6.22. The van der Waals surface area contributed by atoms with Crippen LogP contribution in [0, 0.1) is 12.7 Å². The van der Waals surface area contributed by atoms with Crippen molar-refractivity contribution >= 4 is 80.2 Å². The fraction of sp³-hybridized carbons (Fsp3) is 0.185. The van der Waals surface area contributed by atoms with E-state index in [0.717, 1.165) is 28.0 Å². The van der Waals surface area contributed by atoms with Gasteiger partial charge in [-0.15, -0.1) is 23.2 Å². The normalized spacial score (nSPS) is 10.8. The van der Waals surface area contributed by atoms with Gasteiger partial charge in [0.1, 0.15) is 5.82 Å². The molecule has 2 amide bonds. The maximum absolute atomic E-state index is 13.6. The first-order valence-electron chi connectivity index (χ1n) is 11.5. The summed E-state index contributed by atoms with van der Waals surface area (Å²) >= 11 is 17.7. The van der Waals surface area contributed by atoms with E-state index in [0.29, 0.717) is 41.9 Å². The van der Waals surface area contributed by atoms with Gasteiger partial charge in [-0.25, -0.2) is 9.18 Å². The summed E-state index contributed by atoms with van der Waals surface area (Å²) in [6.07, 6.45) is 0. The predicted octanol–water partition coefficient (Wildman–Crippen LogP) is 8.01. The van der Waals surface area contributed by atoms with Crippen LogP contribution in [0.1, 0.15) is 5.69 Å². The molecule has 0 saturated heterocycles. The summed E-state index contributed by atoms with van der Waals surface area (Å²) in [5.41, 5.74) is 5.15. The van der Waals surface area contributed by atoms with E-state index in [2.05, 4.69) is 25.8 Å². The van der Waals surface area contributed by atoms with E-state index in [1.54, 1.807) is 12.1 Å². The molecule has 1 aromatic heterocycles. The van der Waals surface area contributed by atoms with Crippen LogP contribution in [0.3, 0.4) is 0 Å². The van der Waals surface area contributed by atoms with Crippen molar-refractivity contribution in [2.24, 2.45) is 0 Å². The number of alkyl halides is 2. The van der Waals surface area contributed by atoms with Crippen LogP contribution >= 0.6 is 34.8 Å². The van der Waals surface area contributed by atoms with Crippen molar-refractivity contribution in [1.29, 1.82) is 0 Å². The summed E-state index contributed by atoms with van der Waals surface area (Å²) in [5.74, 6) is 0.502. The number of nitrogens with one attached hydrogen (secondary N) is 3. The minimum Gasteiger partial charge on any atom is -0.369 e. The lowest BCUT2D eigenvalue weighted by molar-refractivity contribution is 0.262. The number of rotatable bonds is 9. The molecule has 0 saturated carbocycles. The Morgan fingerprint density at radius 3 is 2.22 bits per heavy atom. The molecule has 0 bridgehead atoms. The standard InChI is InChI=1S/C27H25Cl3FN5O/c1-17-14-26(33-20-4-8-24(31)23(30)16-20)22-15-19(5-9-25(22)32-17)35-27(37)34-18-2-6-21(7-3-18)36(12-10-28)13-11-29/h2-9,14-16H,10-13H2,1H3,(H,32,33)(H2,34,35,37). The molecule has 4 aromatic rings. The number of aromatic nitrogens is 1.